The summed E-state index contributed by atoms with van der Waals surface area (Å²) in [4.78, 5) is 77.5. The fraction of sp³-hybridized carbons (Fsp3) is 0.380. The van der Waals surface area contributed by atoms with Crippen LogP contribution in [0.1, 0.15) is 154 Å². The summed E-state index contributed by atoms with van der Waals surface area (Å²) in [5.41, 5.74) is 2.85. The Kier molecular flexibility index (Phi) is 57.1. The van der Waals surface area contributed by atoms with Crippen LogP contribution in [0.3, 0.4) is 0 Å². The number of esters is 2. The van der Waals surface area contributed by atoms with Crippen LogP contribution in [-0.2, 0) is 113 Å². The second kappa shape index (κ2) is 66.9. The number of carbonyl (C=O) groups excluding carboxylic acids is 5. The normalized spacial score (nSPS) is 22.4. The monoisotopic (exact) mass is 1720 g/mol. The van der Waals surface area contributed by atoms with E-state index in [1.807, 2.05) is 26.0 Å². The van der Waals surface area contributed by atoms with Gasteiger partial charge in [-0.1, -0.05) is 54.5 Å². The highest BCUT2D eigenvalue weighted by molar-refractivity contribution is 6.39. The molecule has 4 aliphatic rings. The van der Waals surface area contributed by atoms with E-state index in [9.17, 15) is 39.3 Å². The second-order valence-electron chi connectivity index (χ2n) is 24.4. The number of allylic oxidation sites excluding steroid dienone is 4. The van der Waals surface area contributed by atoms with Gasteiger partial charge >= 0.3 is 11.9 Å². The smallest absolute Gasteiger partial charge is 0.330 e. The van der Waals surface area contributed by atoms with Crippen LogP contribution < -0.4 is 5.64 Å². The van der Waals surface area contributed by atoms with Gasteiger partial charge in [-0.3, -0.25) is 14.4 Å². The number of carbonyl (C=O) groups is 5. The van der Waals surface area contributed by atoms with E-state index in [4.69, 9.17) is 51.8 Å². The maximum absolute atomic E-state index is 14.4. The molecule has 30 heteroatoms. The molecule has 2 saturated heterocycles. The Labute approximate surface area is 759 Å². The number of aliphatic hydroxyl groups is 3. The summed E-state index contributed by atoms with van der Waals surface area (Å²) in [6, 6.07) is -1.18. The number of amides is 1. The van der Waals surface area contributed by atoms with Crippen molar-refractivity contribution >= 4 is 29.4 Å². The molecule has 0 aromatic carbocycles. The van der Waals surface area contributed by atoms with Gasteiger partial charge in [0, 0.05) is 272 Å². The highest BCUT2D eigenvalue weighted by atomic mass is 17.9. The molecule has 1 saturated carbocycles. The van der Waals surface area contributed by atoms with Gasteiger partial charge < -0.3 is 48.6 Å². The number of Topliss-reactive ketones (excluding diaryl/α,β-unsaturated/α-hetero) is 2. The van der Waals surface area contributed by atoms with Crippen molar-refractivity contribution < 1.29 is 187 Å². The minimum atomic E-state index is -2.54. The van der Waals surface area contributed by atoms with Gasteiger partial charge in [-0.25, -0.2) is 20.1 Å². The third-order valence-corrected chi connectivity index (χ3v) is 16.4. The molecule has 1 amide bonds. The van der Waals surface area contributed by atoms with E-state index in [1.54, 1.807) is 34.0 Å². The standard InChI is InChI=1S/C46H71NO14.C46H2.H3NO14.34H2/c1-26-19-27(2)21-38(57-7)42-39(58-8)23-29(4)46(55,61-42)43(52)44(53)47-18-11-10-14-33(47)45(54)60-41(28(3)22-31-16-17-34(48)37(24-31)56-6)30(5)35(49)25-36(50)32(20-26)13-12-15-40(51)59-9;1-3-5-7-9-11-13-15-17-19-21-23-25-27-29-31-33-35-37-39-41-43-45-46-44-42-40-38-36-34-32-30-28-26-24-22-20-18-16-14-12-10-8-6-4-2;2-6-10-14-12-8-4-1-5-9-13-15-11-7-3;;;;;;;;;;;;;;;;;;;;;;;;;;;;;;;;;;/h12,15,20,22,27,29-35,37-39,41-42,48-49,55H,10-11,13-14,16-19,21,23-25H2,1-9H3;1-2H;1-3H;34*1H/b15-12+,26-20+,28-22+;;;;;;;;;;;;;;;;;;;;;;;;;;;;;;;;;;;;/t27-,29+,30+,31-,32+,33-,34+,35-,37+,38-,39-,41+,42+,46+;;;;;;;;;;;;;;;;;;;;;;;;;;;;;;;;;;;;/m0..................................../s1. The quantitative estimate of drug-likeness (QED) is 0.00963. The maximum atomic E-state index is 14.4. The van der Waals surface area contributed by atoms with Crippen LogP contribution in [-0.4, -0.2) is 150 Å². The number of cyclic esters (lactones) is 1. The van der Waals surface area contributed by atoms with Crippen molar-refractivity contribution in [3.05, 3.63) is 35.5 Å². The molecule has 2 bridgehead atoms. The van der Waals surface area contributed by atoms with E-state index in [0.717, 1.165) is 10.5 Å². The summed E-state index contributed by atoms with van der Waals surface area (Å²) < 4.78 is 34.5. The van der Waals surface area contributed by atoms with E-state index in [1.165, 1.54) is 33.0 Å². The Bertz CT molecular complexity index is 5200. The molecule has 3 aliphatic heterocycles. The molecule has 3 heterocycles. The molecule has 690 valence electrons. The molecular weight excluding hydrogens is 1580 g/mol. The maximum Gasteiger partial charge on any atom is 0.330 e. The number of rotatable bonds is 20. The summed E-state index contributed by atoms with van der Waals surface area (Å²) in [5.74, 6) is 99.2. The molecule has 1 aliphatic carbocycles. The Balaban J connectivity index is -0.0000000469. The predicted octanol–water partition coefficient (Wildman–Crippen LogP) is 11.6. The molecule has 30 nitrogen and oxygen atoms in total. The number of hydrogen-bond acceptors (Lipinski definition) is 29. The molecule has 0 radical (unpaired) electrons. The lowest BCUT2D eigenvalue weighted by atomic mass is 9.81. The average Bonchev–Trinajstić information content (AvgIpc) is 0.797. The first-order valence-electron chi connectivity index (χ1n) is 35.7. The Hall–Kier alpha value is -14.0. The van der Waals surface area contributed by atoms with Crippen LogP contribution in [0.5, 0.6) is 0 Å². The first-order chi connectivity index (χ1) is 59.2. The zero-order chi connectivity index (χ0) is 89.5. The van der Waals surface area contributed by atoms with Gasteiger partial charge in [-0.15, -0.1) is 12.8 Å². The van der Waals surface area contributed by atoms with Crippen LogP contribution in [0.15, 0.2) is 35.5 Å². The molecule has 14 atom stereocenters. The Morgan fingerprint density at radius 1 is 0.549 bits per heavy atom. The summed E-state index contributed by atoms with van der Waals surface area (Å²) >= 11 is 0. The van der Waals surface area contributed by atoms with Crippen molar-refractivity contribution in [3.8, 4) is 273 Å². The fourth-order valence-corrected chi connectivity index (χ4v) is 11.1. The molecule has 6 N–H and O–H groups in total. The topological polar surface area (TPSA) is 368 Å². The minimum absolute atomic E-state index is 0. The second-order valence-corrected chi connectivity index (χ2v) is 24.4. The Morgan fingerprint density at radius 2 is 0.959 bits per heavy atom. The van der Waals surface area contributed by atoms with Gasteiger partial charge in [-0.2, -0.15) is 0 Å². The molecule has 3 fully saturated rings. The number of ether oxygens (including phenoxy) is 6. The number of ketones is 2. The largest absolute Gasteiger partial charge is 0.466 e. The molecule has 0 spiro atoms. The van der Waals surface area contributed by atoms with Crippen LogP contribution in [0.25, 0.3) is 0 Å². The van der Waals surface area contributed by atoms with Gasteiger partial charge in [0.25, 0.3) is 11.7 Å². The third-order valence-electron chi connectivity index (χ3n) is 16.4. The van der Waals surface area contributed by atoms with Crippen LogP contribution in [0.2, 0.25) is 0 Å². The molecule has 0 aromatic heterocycles. The molecule has 0 unspecified atom stereocenters. The number of fused-ring (bicyclic) bond motifs is 3. The lowest BCUT2D eigenvalue weighted by molar-refractivity contribution is -0.816. The van der Waals surface area contributed by atoms with Crippen molar-refractivity contribution in [2.45, 2.75) is 160 Å². The summed E-state index contributed by atoms with van der Waals surface area (Å²) in [6.45, 7) is 9.05. The Morgan fingerprint density at radius 3 is 1.36 bits per heavy atom. The first-order valence-corrected chi connectivity index (χ1v) is 35.7. The van der Waals surface area contributed by atoms with E-state index in [2.05, 4.69) is 321 Å². The number of terminal acetylenes is 2. The van der Waals surface area contributed by atoms with E-state index >= 15 is 0 Å². The molecule has 0 aromatic rings. The highest BCUT2D eigenvalue weighted by Gasteiger charge is 2.57. The number of aliphatic hydroxyl groups excluding tert-OH is 2. The molecular formula is C92H144N2O28. The van der Waals surface area contributed by atoms with Gasteiger partial charge in [-0.05, 0) is 246 Å². The summed E-state index contributed by atoms with van der Waals surface area (Å²) in [6.07, 6.45) is 14.8. The van der Waals surface area contributed by atoms with Crippen molar-refractivity contribution in [1.29, 1.82) is 0 Å². The summed E-state index contributed by atoms with van der Waals surface area (Å²) in [7, 11) is 5.82. The number of methoxy groups -OCH3 is 4. The van der Waals surface area contributed by atoms with Crippen LogP contribution >= 0.6 is 0 Å². The van der Waals surface area contributed by atoms with Crippen molar-refractivity contribution in [2.24, 2.45) is 29.6 Å². The first kappa shape index (κ1) is 104. The van der Waals surface area contributed by atoms with E-state index in [0.29, 0.717) is 50.5 Å². The lowest BCUT2D eigenvalue weighted by Gasteiger charge is -2.47. The van der Waals surface area contributed by atoms with Crippen molar-refractivity contribution in [2.75, 3.05) is 35.0 Å². The van der Waals surface area contributed by atoms with Crippen LogP contribution in [0, 0.1) is 303 Å². The molecule has 122 heavy (non-hydrogen) atoms. The van der Waals surface area contributed by atoms with Crippen molar-refractivity contribution in [3.63, 3.8) is 0 Å². The minimum Gasteiger partial charge on any atom is -0.466 e. The average molecular weight is 1730 g/mol. The highest BCUT2D eigenvalue weighted by Crippen LogP contribution is 2.39. The van der Waals surface area contributed by atoms with Gasteiger partial charge in [0.1, 0.15) is 24.0 Å². The number of piperidine rings is 1. The van der Waals surface area contributed by atoms with Crippen molar-refractivity contribution in [1.82, 2.24) is 10.5 Å². The number of hydrogen-bond donors (Lipinski definition) is 6. The fourth-order valence-electron chi connectivity index (χ4n) is 11.1. The van der Waals surface area contributed by atoms with E-state index < -0.39 is 89.8 Å². The number of nitrogens with zero attached hydrogens (tertiary/aromatic N) is 1. The van der Waals surface area contributed by atoms with Gasteiger partial charge in [0.2, 0.25) is 5.79 Å². The SMILES string of the molecule is C#CC#CC#CC#CC#CC#CC#CC#CC#CC#CC#CC#CC#CC#CC#CC#CC#CC#CC#CC#CC#CC#CC#C.COC(=O)/C=C/C[C@@H]1/C=C(\C)C[C@H](C)C[C@H](OC)[C@H]2O[C@@](O)(C(=O)C(=O)N3CCCC[C@H]3C(=O)O[C@H](/C(C)=C/[C@@H]3CC[C@@H](O)[C@H](OC)C3)[C@H](C)[C@@H](O)CC1=O)[C@H](C)C[C@@H]2OC.OOOOOOONOOOOOOO.[HH].[HH].[HH].[HH].[HH].[HH].[HH].[HH].[HH].[HH].[HH].[HH].[HH].[HH].[HH].[HH].[HH].[HH].[HH].[HH].[HH].[HH].[HH].[HH].[HH].[HH].[HH].[HH].[HH].[HH].[HH].[HH].[HH].[HH]. The summed E-state index contributed by atoms with van der Waals surface area (Å²) in [5, 5.41) is 82.1. The zero-order valence-electron chi connectivity index (χ0n) is 67.0. The van der Waals surface area contributed by atoms with Crippen LogP contribution in [0.4, 0.5) is 0 Å². The predicted molar refractivity (Wildman–Crippen MR) is 498 cm³/mol. The lowest BCUT2D eigenvalue weighted by Crippen LogP contribution is -2.64. The molecule has 4 rings (SSSR count). The van der Waals surface area contributed by atoms with E-state index in [-0.39, 0.29) is 104 Å². The zero-order valence-corrected chi connectivity index (χ0v) is 67.0. The van der Waals surface area contributed by atoms with Gasteiger partial charge in [0.05, 0.1) is 37.6 Å². The third kappa shape index (κ3) is 45.6. The number of nitrogens with one attached hydrogen (secondary N) is 1. The van der Waals surface area contributed by atoms with Gasteiger partial charge in [0.15, 0.2) is 0 Å².